The molecule has 1 amide bonds. The molecule has 0 saturated heterocycles. The molecule has 1 heterocycles. The Morgan fingerprint density at radius 2 is 1.97 bits per heavy atom. The fourth-order valence-corrected chi connectivity index (χ4v) is 4.85. The first kappa shape index (κ1) is 26.1. The van der Waals surface area contributed by atoms with Gasteiger partial charge in [0.15, 0.2) is 12.4 Å². The third-order valence-electron chi connectivity index (χ3n) is 5.30. The first-order valence-corrected chi connectivity index (χ1v) is 13.0. The first-order valence-electron chi connectivity index (χ1n) is 11.0. The van der Waals surface area contributed by atoms with Crippen LogP contribution in [0.1, 0.15) is 23.9 Å². The Labute approximate surface area is 229 Å². The third-order valence-corrected chi connectivity index (χ3v) is 6.66. The van der Waals surface area contributed by atoms with Gasteiger partial charge in [-0.25, -0.2) is 4.98 Å². The molecule has 0 spiro atoms. The molecular weight excluding hydrogens is 612 g/mol. The minimum absolute atomic E-state index is 0.215. The summed E-state index contributed by atoms with van der Waals surface area (Å²) in [5.41, 5.74) is 2.66. The molecule has 0 radical (unpaired) electrons. The highest BCUT2D eigenvalue weighted by Crippen LogP contribution is 2.34. The quantitative estimate of drug-likeness (QED) is 0.241. The minimum Gasteiger partial charge on any atom is -0.481 e. The van der Waals surface area contributed by atoms with E-state index in [2.05, 4.69) is 47.3 Å². The fraction of sp³-hybridized carbons (Fsp3) is 0.154. The number of nitrogens with zero attached hydrogens (tertiary/aromatic N) is 3. The van der Waals surface area contributed by atoms with Gasteiger partial charge in [0.05, 0.1) is 26.6 Å². The van der Waals surface area contributed by atoms with Crippen molar-refractivity contribution in [2.75, 3.05) is 11.9 Å². The Balaban J connectivity index is 1.54. The van der Waals surface area contributed by atoms with E-state index in [1.807, 2.05) is 44.2 Å². The zero-order valence-corrected chi connectivity index (χ0v) is 23.3. The third kappa shape index (κ3) is 5.86. The summed E-state index contributed by atoms with van der Waals surface area (Å²) in [4.78, 5) is 30.0. The molecule has 0 fully saturated rings. The maximum atomic E-state index is 13.1. The van der Waals surface area contributed by atoms with Crippen molar-refractivity contribution in [2.24, 2.45) is 5.10 Å². The SMILES string of the molecule is CCc1nc2ccc(Br)cc2c(=O)n1N=Cc1cc(Cl)c(OCC(=O)Nc2ccccc2C)c(Br)c1. The van der Waals surface area contributed by atoms with Crippen molar-refractivity contribution in [1.29, 1.82) is 0 Å². The van der Waals surface area contributed by atoms with Crippen LogP contribution in [0, 0.1) is 6.92 Å². The van der Waals surface area contributed by atoms with Crippen molar-refractivity contribution in [1.82, 2.24) is 9.66 Å². The number of para-hydroxylation sites is 1. The lowest BCUT2D eigenvalue weighted by molar-refractivity contribution is -0.118. The molecule has 0 saturated carbocycles. The number of fused-ring (bicyclic) bond motifs is 1. The van der Waals surface area contributed by atoms with Crippen molar-refractivity contribution >= 4 is 72.2 Å². The van der Waals surface area contributed by atoms with Gasteiger partial charge in [-0.1, -0.05) is 52.7 Å². The van der Waals surface area contributed by atoms with E-state index in [1.165, 1.54) is 10.9 Å². The number of aryl methyl sites for hydroxylation is 2. The van der Waals surface area contributed by atoms with Crippen LogP contribution in [0.25, 0.3) is 10.9 Å². The molecule has 0 bridgehead atoms. The predicted molar refractivity (Wildman–Crippen MR) is 151 cm³/mol. The topological polar surface area (TPSA) is 85.6 Å². The van der Waals surface area contributed by atoms with Crippen molar-refractivity contribution in [3.8, 4) is 5.75 Å². The van der Waals surface area contributed by atoms with Gasteiger partial charge in [0.25, 0.3) is 11.5 Å². The lowest BCUT2D eigenvalue weighted by atomic mass is 10.2. The Bertz CT molecular complexity index is 1530. The Morgan fingerprint density at radius 3 is 2.69 bits per heavy atom. The highest BCUT2D eigenvalue weighted by Gasteiger charge is 2.13. The molecule has 0 aliphatic heterocycles. The van der Waals surface area contributed by atoms with E-state index in [0.717, 1.165) is 15.7 Å². The van der Waals surface area contributed by atoms with Crippen LogP contribution in [0.4, 0.5) is 5.69 Å². The first-order chi connectivity index (χ1) is 17.3. The molecule has 0 aliphatic rings. The lowest BCUT2D eigenvalue weighted by Crippen LogP contribution is -2.22. The predicted octanol–water partition coefficient (Wildman–Crippen LogP) is 6.35. The number of halogens is 3. The smallest absolute Gasteiger partial charge is 0.282 e. The molecule has 1 N–H and O–H groups in total. The van der Waals surface area contributed by atoms with E-state index in [-0.39, 0.29) is 23.1 Å². The van der Waals surface area contributed by atoms with Crippen LogP contribution in [-0.4, -0.2) is 28.4 Å². The van der Waals surface area contributed by atoms with Crippen LogP contribution in [0.15, 0.2) is 73.4 Å². The molecule has 184 valence electrons. The number of hydrogen-bond donors (Lipinski definition) is 1. The van der Waals surface area contributed by atoms with Crippen molar-refractivity contribution in [3.63, 3.8) is 0 Å². The van der Waals surface area contributed by atoms with E-state index < -0.39 is 0 Å². The number of aromatic nitrogens is 2. The highest BCUT2D eigenvalue weighted by molar-refractivity contribution is 9.10. The summed E-state index contributed by atoms with van der Waals surface area (Å²) in [6.45, 7) is 3.61. The zero-order chi connectivity index (χ0) is 25.8. The van der Waals surface area contributed by atoms with Crippen molar-refractivity contribution in [3.05, 3.63) is 95.9 Å². The van der Waals surface area contributed by atoms with Crippen LogP contribution in [0.5, 0.6) is 5.75 Å². The number of anilines is 1. The van der Waals surface area contributed by atoms with Crippen LogP contribution in [0.2, 0.25) is 5.02 Å². The van der Waals surface area contributed by atoms with Gasteiger partial charge in [-0.2, -0.15) is 9.78 Å². The largest absolute Gasteiger partial charge is 0.481 e. The molecule has 7 nitrogen and oxygen atoms in total. The summed E-state index contributed by atoms with van der Waals surface area (Å²) in [5, 5.41) is 7.95. The average molecular weight is 633 g/mol. The van der Waals surface area contributed by atoms with Crippen molar-refractivity contribution in [2.45, 2.75) is 20.3 Å². The van der Waals surface area contributed by atoms with Crippen LogP contribution in [0.3, 0.4) is 0 Å². The van der Waals surface area contributed by atoms with E-state index in [1.54, 1.807) is 24.3 Å². The van der Waals surface area contributed by atoms with Gasteiger partial charge in [0, 0.05) is 16.6 Å². The summed E-state index contributed by atoms with van der Waals surface area (Å²) in [7, 11) is 0. The van der Waals surface area contributed by atoms with Gasteiger partial charge in [-0.15, -0.1) is 0 Å². The summed E-state index contributed by atoms with van der Waals surface area (Å²) in [6, 6.07) is 16.2. The molecule has 0 atom stereocenters. The number of benzene rings is 3. The number of rotatable bonds is 7. The molecule has 0 aliphatic carbocycles. The molecule has 1 aromatic heterocycles. The van der Waals surface area contributed by atoms with E-state index >= 15 is 0 Å². The Kier molecular flexibility index (Phi) is 8.23. The second-order valence-corrected chi connectivity index (χ2v) is 10.0. The molecule has 4 aromatic rings. The average Bonchev–Trinajstić information content (AvgIpc) is 2.84. The zero-order valence-electron chi connectivity index (χ0n) is 19.4. The standard InChI is InChI=1S/C26H21Br2ClN4O3/c1-3-23-31-22-9-8-17(27)12-18(22)26(35)33(23)30-13-16-10-19(28)25(20(29)11-16)36-14-24(34)32-21-7-5-4-6-15(21)2/h4-13H,3,14H2,1-2H3,(H,32,34). The molecule has 36 heavy (non-hydrogen) atoms. The normalized spacial score (nSPS) is 11.2. The maximum Gasteiger partial charge on any atom is 0.282 e. The number of hydrogen-bond acceptors (Lipinski definition) is 5. The molecule has 0 unspecified atom stereocenters. The summed E-state index contributed by atoms with van der Waals surface area (Å²) in [5.74, 6) is 0.563. The molecular formula is C26H21Br2ClN4O3. The van der Waals surface area contributed by atoms with Gasteiger partial charge in [-0.3, -0.25) is 9.59 Å². The van der Waals surface area contributed by atoms with Crippen LogP contribution >= 0.6 is 43.5 Å². The van der Waals surface area contributed by atoms with E-state index in [9.17, 15) is 9.59 Å². The van der Waals surface area contributed by atoms with E-state index in [0.29, 0.717) is 38.9 Å². The lowest BCUT2D eigenvalue weighted by Gasteiger charge is -2.12. The number of carbonyl (C=O) groups is 1. The monoisotopic (exact) mass is 630 g/mol. The van der Waals surface area contributed by atoms with Crippen molar-refractivity contribution < 1.29 is 9.53 Å². The maximum absolute atomic E-state index is 13.1. The van der Waals surface area contributed by atoms with Crippen LogP contribution < -0.4 is 15.6 Å². The van der Waals surface area contributed by atoms with Gasteiger partial charge in [0.1, 0.15) is 5.82 Å². The number of nitrogens with one attached hydrogen (secondary N) is 1. The summed E-state index contributed by atoms with van der Waals surface area (Å²) in [6.07, 6.45) is 2.05. The van der Waals surface area contributed by atoms with E-state index in [4.69, 9.17) is 16.3 Å². The Hall–Kier alpha value is -3.01. The Morgan fingerprint density at radius 1 is 1.19 bits per heavy atom. The number of carbonyl (C=O) groups excluding carboxylic acids is 1. The van der Waals surface area contributed by atoms with Gasteiger partial charge in [-0.05, 0) is 70.4 Å². The van der Waals surface area contributed by atoms with Gasteiger partial charge < -0.3 is 10.1 Å². The van der Waals surface area contributed by atoms with Gasteiger partial charge in [0.2, 0.25) is 0 Å². The second kappa shape index (κ2) is 11.4. The fourth-order valence-electron chi connectivity index (χ4n) is 3.50. The molecule has 10 heteroatoms. The summed E-state index contributed by atoms with van der Waals surface area (Å²) >= 11 is 13.3. The molecule has 3 aromatic carbocycles. The van der Waals surface area contributed by atoms with Crippen LogP contribution in [-0.2, 0) is 11.2 Å². The highest BCUT2D eigenvalue weighted by atomic mass is 79.9. The minimum atomic E-state index is -0.306. The molecule has 4 rings (SSSR count). The van der Waals surface area contributed by atoms with Gasteiger partial charge >= 0.3 is 0 Å². The second-order valence-electron chi connectivity index (χ2n) is 7.87. The number of ether oxygens (including phenoxy) is 1. The summed E-state index contributed by atoms with van der Waals surface area (Å²) < 4.78 is 8.29. The number of amides is 1.